The lowest BCUT2D eigenvalue weighted by Crippen LogP contribution is -2.48. The minimum Gasteiger partial charge on any atom is -0.468 e. The summed E-state index contributed by atoms with van der Waals surface area (Å²) in [5.74, 6) is -0.169. The number of nitrogens with one attached hydrogen (secondary N) is 1. The number of carbonyl (C=O) groups is 1. The van der Waals surface area contributed by atoms with Crippen LogP contribution in [-0.4, -0.2) is 50.2 Å². The molecule has 0 aromatic heterocycles. The number of carbonyl (C=O) groups excluding carboxylic acids is 1. The van der Waals surface area contributed by atoms with Gasteiger partial charge in [-0.05, 0) is 58.2 Å². The van der Waals surface area contributed by atoms with E-state index in [0.717, 1.165) is 25.8 Å². The number of methoxy groups -OCH3 is 1. The van der Waals surface area contributed by atoms with Gasteiger partial charge in [-0.1, -0.05) is 13.8 Å². The Hall–Kier alpha value is -0.610. The van der Waals surface area contributed by atoms with Gasteiger partial charge in [-0.25, -0.2) is 0 Å². The molecule has 1 aliphatic rings. The molecule has 19 heavy (non-hydrogen) atoms. The normalized spacial score (nSPS) is 22.2. The Kier molecular flexibility index (Phi) is 5.81. The third kappa shape index (κ3) is 4.77. The lowest BCUT2D eigenvalue weighted by molar-refractivity contribution is -0.148. The molecule has 1 rings (SSSR count). The first-order valence-electron chi connectivity index (χ1n) is 7.33. The van der Waals surface area contributed by atoms with E-state index in [0.29, 0.717) is 5.41 Å². The molecule has 0 amide bonds. The van der Waals surface area contributed by atoms with Crippen molar-refractivity contribution in [3.63, 3.8) is 0 Å². The first-order chi connectivity index (χ1) is 8.83. The maximum absolute atomic E-state index is 11.7. The van der Waals surface area contributed by atoms with Crippen molar-refractivity contribution in [3.8, 4) is 0 Å². The Morgan fingerprint density at radius 1 is 1.42 bits per heavy atom. The van der Waals surface area contributed by atoms with Gasteiger partial charge in [0.15, 0.2) is 0 Å². The summed E-state index contributed by atoms with van der Waals surface area (Å²) >= 11 is 0. The number of unbranched alkanes of at least 4 members (excludes halogenated alkanes) is 1. The number of rotatable bonds is 7. The molecular weight excluding hydrogens is 240 g/mol. The van der Waals surface area contributed by atoms with Crippen molar-refractivity contribution in [2.45, 2.75) is 52.0 Å². The van der Waals surface area contributed by atoms with Crippen LogP contribution in [0.3, 0.4) is 0 Å². The number of esters is 1. The second kappa shape index (κ2) is 6.71. The molecule has 1 heterocycles. The topological polar surface area (TPSA) is 41.6 Å². The minimum atomic E-state index is -0.543. The molecule has 4 nitrogen and oxygen atoms in total. The third-order valence-corrected chi connectivity index (χ3v) is 4.35. The molecular formula is C15H30N2O2. The summed E-state index contributed by atoms with van der Waals surface area (Å²) in [6.45, 7) is 10.1. The van der Waals surface area contributed by atoms with Gasteiger partial charge in [-0.2, -0.15) is 0 Å². The van der Waals surface area contributed by atoms with E-state index in [2.05, 4.69) is 24.1 Å². The Bertz CT molecular complexity index is 305. The van der Waals surface area contributed by atoms with Crippen molar-refractivity contribution in [1.29, 1.82) is 0 Å². The van der Waals surface area contributed by atoms with Gasteiger partial charge < -0.3 is 15.0 Å². The van der Waals surface area contributed by atoms with Crippen molar-refractivity contribution in [3.05, 3.63) is 0 Å². The first kappa shape index (κ1) is 16.4. The summed E-state index contributed by atoms with van der Waals surface area (Å²) in [7, 11) is 3.27. The molecule has 0 aromatic carbocycles. The highest BCUT2D eigenvalue weighted by molar-refractivity contribution is 5.80. The number of hydrogen-bond donors (Lipinski definition) is 1. The van der Waals surface area contributed by atoms with E-state index in [4.69, 9.17) is 4.74 Å². The van der Waals surface area contributed by atoms with Crippen molar-refractivity contribution in [1.82, 2.24) is 10.2 Å². The van der Waals surface area contributed by atoms with Gasteiger partial charge in [-0.15, -0.1) is 0 Å². The summed E-state index contributed by atoms with van der Waals surface area (Å²) < 4.78 is 4.85. The zero-order valence-corrected chi connectivity index (χ0v) is 13.2. The molecule has 0 radical (unpaired) electrons. The van der Waals surface area contributed by atoms with E-state index < -0.39 is 5.54 Å². The van der Waals surface area contributed by atoms with Crippen LogP contribution in [-0.2, 0) is 9.53 Å². The minimum absolute atomic E-state index is 0.169. The van der Waals surface area contributed by atoms with Crippen molar-refractivity contribution in [2.75, 3.05) is 33.8 Å². The van der Waals surface area contributed by atoms with Crippen LogP contribution in [0.4, 0.5) is 0 Å². The fourth-order valence-corrected chi connectivity index (χ4v) is 2.78. The summed E-state index contributed by atoms with van der Waals surface area (Å²) in [5, 5.41) is 3.08. The standard InChI is InChI=1S/C15H30N2O2/c1-14(2)9-11-17(12-14)10-7-6-8-15(3,16-4)13(18)19-5/h16H,6-12H2,1-5H3. The molecule has 4 heteroatoms. The summed E-state index contributed by atoms with van der Waals surface area (Å²) in [6.07, 6.45) is 4.31. The first-order valence-corrected chi connectivity index (χ1v) is 7.33. The predicted molar refractivity (Wildman–Crippen MR) is 78.2 cm³/mol. The Balaban J connectivity index is 2.25. The third-order valence-electron chi connectivity index (χ3n) is 4.35. The molecule has 1 atom stereocenters. The monoisotopic (exact) mass is 270 g/mol. The smallest absolute Gasteiger partial charge is 0.325 e. The molecule has 0 saturated carbocycles. The van der Waals surface area contributed by atoms with Gasteiger partial charge in [0.25, 0.3) is 0 Å². The van der Waals surface area contributed by atoms with E-state index in [1.807, 2.05) is 14.0 Å². The number of ether oxygens (including phenoxy) is 1. The summed E-state index contributed by atoms with van der Waals surface area (Å²) in [5.41, 5.74) is -0.0649. The van der Waals surface area contributed by atoms with Crippen LogP contribution in [0, 0.1) is 5.41 Å². The second-order valence-corrected chi connectivity index (χ2v) is 6.72. The average Bonchev–Trinajstić information content (AvgIpc) is 2.73. The molecule has 1 aliphatic heterocycles. The van der Waals surface area contributed by atoms with Gasteiger partial charge in [0.05, 0.1) is 7.11 Å². The molecule has 0 spiro atoms. The SMILES string of the molecule is CNC(C)(CCCCN1CCC(C)(C)C1)C(=O)OC. The highest BCUT2D eigenvalue weighted by atomic mass is 16.5. The molecule has 1 unspecified atom stereocenters. The zero-order chi connectivity index (χ0) is 14.5. The fraction of sp³-hybridized carbons (Fsp3) is 0.933. The molecule has 1 N–H and O–H groups in total. The van der Waals surface area contributed by atoms with Crippen LogP contribution < -0.4 is 5.32 Å². The molecule has 1 fully saturated rings. The van der Waals surface area contributed by atoms with Gasteiger partial charge in [-0.3, -0.25) is 4.79 Å². The van der Waals surface area contributed by atoms with Crippen LogP contribution in [0.15, 0.2) is 0 Å². The number of nitrogens with zero attached hydrogens (tertiary/aromatic N) is 1. The Morgan fingerprint density at radius 3 is 2.58 bits per heavy atom. The molecule has 0 bridgehead atoms. The van der Waals surface area contributed by atoms with E-state index >= 15 is 0 Å². The van der Waals surface area contributed by atoms with E-state index in [9.17, 15) is 4.79 Å². The maximum atomic E-state index is 11.7. The van der Waals surface area contributed by atoms with Crippen molar-refractivity contribution in [2.24, 2.45) is 5.41 Å². The number of likely N-dealkylation sites (N-methyl/N-ethyl adjacent to an activating group) is 1. The number of likely N-dealkylation sites (tertiary alicyclic amines) is 1. The lowest BCUT2D eigenvalue weighted by Gasteiger charge is -2.26. The summed E-state index contributed by atoms with van der Waals surface area (Å²) in [4.78, 5) is 14.2. The largest absolute Gasteiger partial charge is 0.468 e. The van der Waals surface area contributed by atoms with Gasteiger partial charge in [0.2, 0.25) is 0 Å². The van der Waals surface area contributed by atoms with Crippen molar-refractivity contribution < 1.29 is 9.53 Å². The molecule has 112 valence electrons. The van der Waals surface area contributed by atoms with E-state index in [1.165, 1.54) is 26.6 Å². The molecule has 0 aromatic rings. The van der Waals surface area contributed by atoms with Crippen molar-refractivity contribution >= 4 is 5.97 Å². The number of hydrogen-bond acceptors (Lipinski definition) is 4. The lowest BCUT2D eigenvalue weighted by atomic mass is 9.93. The fourth-order valence-electron chi connectivity index (χ4n) is 2.78. The predicted octanol–water partition coefficient (Wildman–Crippen LogP) is 2.04. The van der Waals surface area contributed by atoms with Crippen LogP contribution in [0.25, 0.3) is 0 Å². The van der Waals surface area contributed by atoms with Gasteiger partial charge in [0.1, 0.15) is 5.54 Å². The average molecular weight is 270 g/mol. The van der Waals surface area contributed by atoms with E-state index in [-0.39, 0.29) is 5.97 Å². The van der Waals surface area contributed by atoms with E-state index in [1.54, 1.807) is 0 Å². The van der Waals surface area contributed by atoms with Gasteiger partial charge >= 0.3 is 5.97 Å². The zero-order valence-electron chi connectivity index (χ0n) is 13.2. The van der Waals surface area contributed by atoms with Gasteiger partial charge in [0, 0.05) is 6.54 Å². The summed E-state index contributed by atoms with van der Waals surface area (Å²) in [6, 6.07) is 0. The Labute approximate surface area is 117 Å². The molecule has 1 saturated heterocycles. The Morgan fingerprint density at radius 2 is 2.11 bits per heavy atom. The second-order valence-electron chi connectivity index (χ2n) is 6.72. The highest BCUT2D eigenvalue weighted by Crippen LogP contribution is 2.28. The molecule has 0 aliphatic carbocycles. The van der Waals surface area contributed by atoms with Crippen LogP contribution >= 0.6 is 0 Å². The quantitative estimate of drug-likeness (QED) is 0.568. The van der Waals surface area contributed by atoms with Crippen LogP contribution in [0.1, 0.15) is 46.5 Å². The highest BCUT2D eigenvalue weighted by Gasteiger charge is 2.32. The maximum Gasteiger partial charge on any atom is 0.325 e. The van der Waals surface area contributed by atoms with Crippen LogP contribution in [0.2, 0.25) is 0 Å². The van der Waals surface area contributed by atoms with Crippen LogP contribution in [0.5, 0.6) is 0 Å².